The van der Waals surface area contributed by atoms with Crippen molar-refractivity contribution in [2.24, 2.45) is 5.92 Å². The standard InChI is InChI=1S/C25H27ClN4O5S3/c1-2-35-23(32)18-10-12-30(13-11-18)38(33,34)21-5-3-4-19(14-21)22(31)15-27-24-28-29-25(37-24)36-16-17-6-8-20(26)9-7-17/h3-9,14,18H,2,10-13,15-16H2,1H3,(H,27,28). The Labute approximate surface area is 235 Å². The Balaban J connectivity index is 1.31. The van der Waals surface area contributed by atoms with Gasteiger partial charge in [-0.25, -0.2) is 8.42 Å². The molecular formula is C25H27ClN4O5S3. The van der Waals surface area contributed by atoms with E-state index in [0.717, 1.165) is 9.90 Å². The normalized spacial score (nSPS) is 14.8. The predicted octanol–water partition coefficient (Wildman–Crippen LogP) is 4.74. The largest absolute Gasteiger partial charge is 0.466 e. The molecule has 0 atom stereocenters. The molecule has 0 aliphatic carbocycles. The van der Waals surface area contributed by atoms with E-state index in [1.807, 2.05) is 24.3 Å². The van der Waals surface area contributed by atoms with Crippen LogP contribution in [0.1, 0.15) is 35.7 Å². The number of nitrogens with zero attached hydrogens (tertiary/aromatic N) is 3. The van der Waals surface area contributed by atoms with Crippen molar-refractivity contribution in [2.75, 3.05) is 31.6 Å². The van der Waals surface area contributed by atoms with Gasteiger partial charge in [-0.2, -0.15) is 4.31 Å². The summed E-state index contributed by atoms with van der Waals surface area (Å²) in [5, 5.41) is 12.4. The van der Waals surface area contributed by atoms with Gasteiger partial charge in [0.15, 0.2) is 10.1 Å². The molecule has 2 heterocycles. The van der Waals surface area contributed by atoms with Gasteiger partial charge in [-0.05, 0) is 49.6 Å². The van der Waals surface area contributed by atoms with Gasteiger partial charge < -0.3 is 10.1 Å². The Kier molecular flexibility index (Phi) is 9.77. The van der Waals surface area contributed by atoms with Gasteiger partial charge in [0.1, 0.15) is 0 Å². The van der Waals surface area contributed by atoms with Crippen LogP contribution in [0, 0.1) is 5.92 Å². The number of benzene rings is 2. The smallest absolute Gasteiger partial charge is 0.309 e. The highest BCUT2D eigenvalue weighted by Gasteiger charge is 2.33. The highest BCUT2D eigenvalue weighted by atomic mass is 35.5. The second-order valence-electron chi connectivity index (χ2n) is 8.52. The molecule has 38 heavy (non-hydrogen) atoms. The summed E-state index contributed by atoms with van der Waals surface area (Å²) < 4.78 is 33.5. The van der Waals surface area contributed by atoms with E-state index in [9.17, 15) is 18.0 Å². The molecule has 0 bridgehead atoms. The van der Waals surface area contributed by atoms with E-state index in [0.29, 0.717) is 35.4 Å². The summed E-state index contributed by atoms with van der Waals surface area (Å²) in [6, 6.07) is 13.6. The molecule has 0 radical (unpaired) electrons. The highest BCUT2D eigenvalue weighted by Crippen LogP contribution is 2.29. The highest BCUT2D eigenvalue weighted by molar-refractivity contribution is 8.00. The number of halogens is 1. The van der Waals surface area contributed by atoms with Crippen LogP contribution in [0.4, 0.5) is 5.13 Å². The summed E-state index contributed by atoms with van der Waals surface area (Å²) in [5.41, 5.74) is 1.39. The Morgan fingerprint density at radius 2 is 1.89 bits per heavy atom. The SMILES string of the molecule is CCOC(=O)C1CCN(S(=O)(=O)c2cccc(C(=O)CNc3nnc(SCc4ccc(Cl)cc4)s3)c2)CC1. The van der Waals surface area contributed by atoms with Crippen molar-refractivity contribution in [3.05, 3.63) is 64.7 Å². The van der Waals surface area contributed by atoms with Gasteiger partial charge >= 0.3 is 5.97 Å². The fraction of sp³-hybridized carbons (Fsp3) is 0.360. The molecule has 1 saturated heterocycles. The third kappa shape index (κ3) is 7.32. The molecule has 4 rings (SSSR count). The van der Waals surface area contributed by atoms with Crippen LogP contribution in [-0.2, 0) is 25.3 Å². The molecule has 13 heteroatoms. The summed E-state index contributed by atoms with van der Waals surface area (Å²) in [4.78, 5) is 24.8. The number of nitrogens with one attached hydrogen (secondary N) is 1. The lowest BCUT2D eigenvalue weighted by Gasteiger charge is -2.30. The van der Waals surface area contributed by atoms with Gasteiger partial charge in [0.25, 0.3) is 0 Å². The predicted molar refractivity (Wildman–Crippen MR) is 148 cm³/mol. The van der Waals surface area contributed by atoms with Crippen molar-refractivity contribution in [2.45, 2.75) is 34.8 Å². The molecule has 1 aliphatic heterocycles. The first-order valence-corrected chi connectivity index (χ1v) is 15.6. The van der Waals surface area contributed by atoms with E-state index in [1.54, 1.807) is 19.1 Å². The zero-order valence-electron chi connectivity index (χ0n) is 20.6. The van der Waals surface area contributed by atoms with Crippen LogP contribution >= 0.6 is 34.7 Å². The van der Waals surface area contributed by atoms with Crippen molar-refractivity contribution in [1.29, 1.82) is 0 Å². The molecule has 202 valence electrons. The Morgan fingerprint density at radius 3 is 2.61 bits per heavy atom. The molecule has 0 spiro atoms. The molecular weight excluding hydrogens is 568 g/mol. The van der Waals surface area contributed by atoms with Crippen molar-refractivity contribution in [3.63, 3.8) is 0 Å². The number of thioether (sulfide) groups is 1. The lowest BCUT2D eigenvalue weighted by Crippen LogP contribution is -2.40. The van der Waals surface area contributed by atoms with Gasteiger partial charge in [-0.3, -0.25) is 9.59 Å². The number of ketones is 1. The molecule has 1 aromatic heterocycles. The Hall–Kier alpha value is -2.51. The number of sulfonamides is 1. The van der Waals surface area contributed by atoms with E-state index >= 15 is 0 Å². The Morgan fingerprint density at radius 1 is 1.16 bits per heavy atom. The van der Waals surface area contributed by atoms with Gasteiger partial charge in [0, 0.05) is 29.4 Å². The zero-order chi connectivity index (χ0) is 27.1. The third-order valence-corrected chi connectivity index (χ3v) is 10.2. The molecule has 0 amide bonds. The van der Waals surface area contributed by atoms with Crippen molar-refractivity contribution in [1.82, 2.24) is 14.5 Å². The Bertz CT molecular complexity index is 1370. The second-order valence-corrected chi connectivity index (χ2v) is 13.1. The molecule has 0 saturated carbocycles. The van der Waals surface area contributed by atoms with Crippen LogP contribution in [0.25, 0.3) is 0 Å². The number of carbonyl (C=O) groups excluding carboxylic acids is 2. The van der Waals surface area contributed by atoms with E-state index < -0.39 is 10.0 Å². The summed E-state index contributed by atoms with van der Waals surface area (Å²) in [6.45, 7) is 2.44. The molecule has 1 N–H and O–H groups in total. The maximum absolute atomic E-state index is 13.2. The van der Waals surface area contributed by atoms with Gasteiger partial charge in [-0.15, -0.1) is 10.2 Å². The van der Waals surface area contributed by atoms with E-state index in [1.165, 1.54) is 39.5 Å². The number of ether oxygens (including phenoxy) is 1. The van der Waals surface area contributed by atoms with Crippen LogP contribution in [-0.4, -0.2) is 60.9 Å². The van der Waals surface area contributed by atoms with Crippen molar-refractivity contribution < 1.29 is 22.7 Å². The lowest BCUT2D eigenvalue weighted by molar-refractivity contribution is -0.149. The van der Waals surface area contributed by atoms with Crippen molar-refractivity contribution in [3.8, 4) is 0 Å². The first kappa shape index (κ1) is 28.5. The number of rotatable bonds is 11. The van der Waals surface area contributed by atoms with Gasteiger partial charge in [0.05, 0.1) is 24.0 Å². The summed E-state index contributed by atoms with van der Waals surface area (Å²) in [6.07, 6.45) is 0.810. The minimum absolute atomic E-state index is 0.0507. The molecule has 3 aromatic rings. The van der Waals surface area contributed by atoms with Crippen LogP contribution in [0.2, 0.25) is 5.02 Å². The summed E-state index contributed by atoms with van der Waals surface area (Å²) >= 11 is 8.79. The number of esters is 1. The van der Waals surface area contributed by atoms with E-state index in [2.05, 4.69) is 15.5 Å². The average Bonchev–Trinajstić information content (AvgIpc) is 3.39. The number of hydrogen-bond acceptors (Lipinski definition) is 10. The average molecular weight is 595 g/mol. The molecule has 2 aromatic carbocycles. The number of hydrogen-bond donors (Lipinski definition) is 1. The molecule has 1 fully saturated rings. The fourth-order valence-electron chi connectivity index (χ4n) is 3.89. The molecule has 0 unspecified atom stereocenters. The number of carbonyl (C=O) groups is 2. The summed E-state index contributed by atoms with van der Waals surface area (Å²) in [5.74, 6) is -0.134. The molecule has 1 aliphatic rings. The minimum Gasteiger partial charge on any atom is -0.466 e. The van der Waals surface area contributed by atoms with Gasteiger partial charge in [-0.1, -0.05) is 59.0 Å². The first-order valence-electron chi connectivity index (χ1n) is 12.0. The van der Waals surface area contributed by atoms with Crippen LogP contribution < -0.4 is 5.32 Å². The number of Topliss-reactive ketones (excluding diaryl/α,β-unsaturated/α-hetero) is 1. The quantitative estimate of drug-likeness (QED) is 0.191. The van der Waals surface area contributed by atoms with Crippen LogP contribution in [0.15, 0.2) is 57.8 Å². The van der Waals surface area contributed by atoms with Crippen LogP contribution in [0.3, 0.4) is 0 Å². The number of aromatic nitrogens is 2. The van der Waals surface area contributed by atoms with Crippen LogP contribution in [0.5, 0.6) is 0 Å². The maximum Gasteiger partial charge on any atom is 0.309 e. The fourth-order valence-corrected chi connectivity index (χ4v) is 7.24. The van der Waals surface area contributed by atoms with Crippen molar-refractivity contribution >= 4 is 61.6 Å². The third-order valence-electron chi connectivity index (χ3n) is 5.95. The number of piperidine rings is 1. The van der Waals surface area contributed by atoms with E-state index in [4.69, 9.17) is 16.3 Å². The topological polar surface area (TPSA) is 119 Å². The minimum atomic E-state index is -3.80. The summed E-state index contributed by atoms with van der Waals surface area (Å²) in [7, 11) is -3.80. The maximum atomic E-state index is 13.2. The zero-order valence-corrected chi connectivity index (χ0v) is 23.8. The molecule has 9 nitrogen and oxygen atoms in total. The van der Waals surface area contributed by atoms with E-state index in [-0.39, 0.29) is 47.8 Å². The second kappa shape index (κ2) is 13.0. The first-order chi connectivity index (χ1) is 18.3. The monoisotopic (exact) mass is 594 g/mol. The lowest BCUT2D eigenvalue weighted by atomic mass is 9.98. The van der Waals surface area contributed by atoms with Gasteiger partial charge in [0.2, 0.25) is 15.2 Å². The number of anilines is 1.